The van der Waals surface area contributed by atoms with Gasteiger partial charge in [0.2, 0.25) is 5.91 Å². The summed E-state index contributed by atoms with van der Waals surface area (Å²) in [4.78, 5) is 52.6. The first-order valence-corrected chi connectivity index (χ1v) is 19.6. The van der Waals surface area contributed by atoms with Gasteiger partial charge in [-0.05, 0) is 25.7 Å². The minimum Gasteiger partial charge on any atom is -0.465 e. The summed E-state index contributed by atoms with van der Waals surface area (Å²) in [6, 6.07) is 9.58. The van der Waals surface area contributed by atoms with Crippen molar-refractivity contribution in [2.45, 2.75) is 64.5 Å². The van der Waals surface area contributed by atoms with E-state index in [9.17, 15) is 24.1 Å². The van der Waals surface area contributed by atoms with Crippen LogP contribution in [0.4, 0.5) is 10.6 Å². The normalized spacial score (nSPS) is 19.2. The van der Waals surface area contributed by atoms with E-state index in [2.05, 4.69) is 24.1 Å². The maximum atomic E-state index is 13.7. The van der Waals surface area contributed by atoms with E-state index in [4.69, 9.17) is 23.5 Å². The summed E-state index contributed by atoms with van der Waals surface area (Å²) in [6.45, 7) is 8.52. The monoisotopic (exact) mass is 732 g/mol. The van der Waals surface area contributed by atoms with Gasteiger partial charge in [0.25, 0.3) is 5.91 Å². The highest BCUT2D eigenvalue weighted by Gasteiger charge is 2.39. The molecule has 3 fully saturated rings. The second kappa shape index (κ2) is 20.4. The SMILES string of the molecule is CCCCOCCCC.CO[C@H]1CCN(c2cc(C(=O)N[C@@H](CP3(=O)OCCCO3)C(=O)N3CCN(C(=O)O)CC3)nc(-c3ccccc3)n2)C1. The highest BCUT2D eigenvalue weighted by molar-refractivity contribution is 7.54. The molecule has 3 amide bonds. The molecule has 15 nitrogen and oxygen atoms in total. The minimum atomic E-state index is -3.67. The number of ether oxygens (including phenoxy) is 2. The van der Waals surface area contributed by atoms with Crippen LogP contribution < -0.4 is 10.2 Å². The largest absolute Gasteiger partial charge is 0.465 e. The number of nitrogens with zero attached hydrogens (tertiary/aromatic N) is 5. The molecular weight excluding hydrogens is 679 g/mol. The van der Waals surface area contributed by atoms with E-state index in [-0.39, 0.29) is 57.4 Å². The van der Waals surface area contributed by atoms with Gasteiger partial charge in [-0.1, -0.05) is 57.0 Å². The van der Waals surface area contributed by atoms with Crippen molar-refractivity contribution in [3.8, 4) is 11.4 Å². The number of anilines is 1. The summed E-state index contributed by atoms with van der Waals surface area (Å²) in [5.41, 5.74) is 0.755. The van der Waals surface area contributed by atoms with Crippen LogP contribution in [0, 0.1) is 0 Å². The average molecular weight is 733 g/mol. The van der Waals surface area contributed by atoms with Crippen molar-refractivity contribution in [3.05, 3.63) is 42.1 Å². The van der Waals surface area contributed by atoms with Crippen molar-refractivity contribution >= 4 is 31.3 Å². The Balaban J connectivity index is 0.000000573. The molecule has 16 heteroatoms. The lowest BCUT2D eigenvalue weighted by Crippen LogP contribution is -2.56. The molecular formula is C35H53N6O9P. The molecule has 2 atom stereocenters. The maximum absolute atomic E-state index is 13.7. The summed E-state index contributed by atoms with van der Waals surface area (Å²) in [5.74, 6) is -0.252. The van der Waals surface area contributed by atoms with Crippen molar-refractivity contribution in [2.75, 3.05) is 83.9 Å². The van der Waals surface area contributed by atoms with Crippen LogP contribution in [0.5, 0.6) is 0 Å². The summed E-state index contributed by atoms with van der Waals surface area (Å²) in [6.07, 6.45) is 4.90. The van der Waals surface area contributed by atoms with Crippen LogP contribution in [0.3, 0.4) is 0 Å². The van der Waals surface area contributed by atoms with Gasteiger partial charge in [0.1, 0.15) is 17.6 Å². The Kier molecular flexibility index (Phi) is 16.1. The Hall–Kier alpha value is -3.62. The number of carbonyl (C=O) groups is 3. The van der Waals surface area contributed by atoms with Gasteiger partial charge in [-0.2, -0.15) is 0 Å². The fourth-order valence-corrected chi connectivity index (χ4v) is 7.54. The Morgan fingerprint density at radius 1 is 0.980 bits per heavy atom. The average Bonchev–Trinajstić information content (AvgIpc) is 3.65. The van der Waals surface area contributed by atoms with E-state index in [1.807, 2.05) is 35.2 Å². The zero-order valence-electron chi connectivity index (χ0n) is 30.0. The molecule has 4 heterocycles. The van der Waals surface area contributed by atoms with E-state index in [1.165, 1.54) is 35.5 Å². The Morgan fingerprint density at radius 2 is 1.63 bits per heavy atom. The van der Waals surface area contributed by atoms with Crippen molar-refractivity contribution < 1.29 is 42.6 Å². The number of unbranched alkanes of at least 4 members (excludes halogenated alkanes) is 2. The van der Waals surface area contributed by atoms with E-state index < -0.39 is 31.5 Å². The predicted molar refractivity (Wildman–Crippen MR) is 192 cm³/mol. The van der Waals surface area contributed by atoms with Gasteiger partial charge >= 0.3 is 13.7 Å². The van der Waals surface area contributed by atoms with E-state index >= 15 is 0 Å². The lowest BCUT2D eigenvalue weighted by Gasteiger charge is -2.36. The Morgan fingerprint density at radius 3 is 2.22 bits per heavy atom. The topological polar surface area (TPSA) is 173 Å². The highest BCUT2D eigenvalue weighted by atomic mass is 31.2. The van der Waals surface area contributed by atoms with Crippen molar-refractivity contribution in [3.63, 3.8) is 0 Å². The smallest absolute Gasteiger partial charge is 0.407 e. The summed E-state index contributed by atoms with van der Waals surface area (Å²) < 4.78 is 35.0. The molecule has 3 aliphatic heterocycles. The molecule has 51 heavy (non-hydrogen) atoms. The van der Waals surface area contributed by atoms with Crippen molar-refractivity contribution in [2.24, 2.45) is 0 Å². The zero-order chi connectivity index (χ0) is 36.6. The van der Waals surface area contributed by atoms with Gasteiger partial charge < -0.3 is 43.6 Å². The van der Waals surface area contributed by atoms with Crippen LogP contribution >= 0.6 is 7.60 Å². The van der Waals surface area contributed by atoms with Gasteiger partial charge in [0.05, 0.1) is 25.5 Å². The van der Waals surface area contributed by atoms with Gasteiger partial charge in [-0.3, -0.25) is 14.2 Å². The van der Waals surface area contributed by atoms with Crippen LogP contribution in [-0.4, -0.2) is 134 Å². The maximum Gasteiger partial charge on any atom is 0.407 e. The number of hydrogen-bond acceptors (Lipinski definition) is 11. The molecule has 3 aliphatic rings. The standard InChI is InChI=1S/C27H35N6O8P.C8H18O/c1-39-20-8-9-33(17-20)23-16-21(28-24(30-23)19-6-3-2-4-7-19)25(34)29-22(18-42(38)40-14-5-15-41-42)26(35)31-10-12-32(13-11-31)27(36)37;1-3-5-7-9-8-6-4-2/h2-4,6-7,16,20,22H,5,8-15,17-18H2,1H3,(H,29,34)(H,36,37);3-8H2,1-2H3/t20-,22-;/m0./s1. The summed E-state index contributed by atoms with van der Waals surface area (Å²) in [7, 11) is -2.01. The first kappa shape index (κ1) is 40.2. The van der Waals surface area contributed by atoms with Crippen molar-refractivity contribution in [1.29, 1.82) is 0 Å². The van der Waals surface area contributed by atoms with Crippen LogP contribution in [0.15, 0.2) is 36.4 Å². The van der Waals surface area contributed by atoms with Gasteiger partial charge in [-0.25, -0.2) is 14.8 Å². The fourth-order valence-electron chi connectivity index (χ4n) is 5.74. The molecule has 0 saturated carbocycles. The van der Waals surface area contributed by atoms with E-state index in [0.29, 0.717) is 36.7 Å². The number of piperazine rings is 1. The van der Waals surface area contributed by atoms with Gasteiger partial charge in [-0.15, -0.1) is 0 Å². The van der Waals surface area contributed by atoms with Crippen LogP contribution in [-0.2, 0) is 27.9 Å². The molecule has 0 aliphatic carbocycles. The van der Waals surface area contributed by atoms with Crippen LogP contribution in [0.2, 0.25) is 0 Å². The fraction of sp³-hybridized carbons (Fsp3) is 0.629. The number of carboxylic acid groups (broad SMARTS) is 1. The number of benzene rings is 1. The quantitative estimate of drug-likeness (QED) is 0.206. The molecule has 1 aromatic carbocycles. The third-order valence-electron chi connectivity index (χ3n) is 8.80. The second-order valence-electron chi connectivity index (χ2n) is 12.6. The first-order chi connectivity index (χ1) is 24.7. The minimum absolute atomic E-state index is 0.0358. The zero-order valence-corrected chi connectivity index (χ0v) is 30.9. The molecule has 0 unspecified atom stereocenters. The summed E-state index contributed by atoms with van der Waals surface area (Å²) >= 11 is 0. The molecule has 2 aromatic rings. The van der Waals surface area contributed by atoms with Gasteiger partial charge in [0, 0.05) is 71.2 Å². The number of rotatable bonds is 14. The molecule has 3 saturated heterocycles. The third kappa shape index (κ3) is 12.2. The van der Waals surface area contributed by atoms with Crippen molar-refractivity contribution in [1.82, 2.24) is 25.1 Å². The molecule has 0 spiro atoms. The molecule has 1 aromatic heterocycles. The molecule has 2 N–H and O–H groups in total. The molecule has 0 radical (unpaired) electrons. The highest BCUT2D eigenvalue weighted by Crippen LogP contribution is 2.51. The Labute approximate surface area is 300 Å². The predicted octanol–water partition coefficient (Wildman–Crippen LogP) is 4.52. The Bertz CT molecular complexity index is 1440. The van der Waals surface area contributed by atoms with Gasteiger partial charge in [0.15, 0.2) is 5.82 Å². The van der Waals surface area contributed by atoms with Crippen LogP contribution in [0.25, 0.3) is 11.4 Å². The summed E-state index contributed by atoms with van der Waals surface area (Å²) in [5, 5.41) is 12.0. The molecule has 282 valence electrons. The van der Waals surface area contributed by atoms with E-state index in [1.54, 1.807) is 13.2 Å². The van der Waals surface area contributed by atoms with E-state index in [0.717, 1.165) is 19.6 Å². The lowest BCUT2D eigenvalue weighted by atomic mass is 10.2. The first-order valence-electron chi connectivity index (χ1n) is 17.9. The molecule has 0 bridgehead atoms. The number of hydrogen-bond donors (Lipinski definition) is 2. The number of methoxy groups -OCH3 is 1. The third-order valence-corrected chi connectivity index (χ3v) is 10.8. The number of nitrogens with one attached hydrogen (secondary N) is 1. The second-order valence-corrected chi connectivity index (χ2v) is 14.8. The van der Waals surface area contributed by atoms with Crippen LogP contribution in [0.1, 0.15) is 62.9 Å². The molecule has 5 rings (SSSR count). The number of amides is 3. The number of carbonyl (C=O) groups excluding carboxylic acids is 2. The number of aromatic nitrogens is 2. The lowest BCUT2D eigenvalue weighted by molar-refractivity contribution is -0.134.